The van der Waals surface area contributed by atoms with Gasteiger partial charge in [-0.1, -0.05) is 41.9 Å². The van der Waals surface area contributed by atoms with Crippen LogP contribution in [0.25, 0.3) is 0 Å². The van der Waals surface area contributed by atoms with Crippen LogP contribution >= 0.6 is 11.6 Å². The lowest BCUT2D eigenvalue weighted by molar-refractivity contribution is -0.137. The summed E-state index contributed by atoms with van der Waals surface area (Å²) in [7, 11) is -2.02. The Bertz CT molecular complexity index is 1540. The number of benzene rings is 3. The molecule has 1 aliphatic heterocycles. The van der Waals surface area contributed by atoms with Gasteiger partial charge in [0.05, 0.1) is 24.1 Å². The lowest BCUT2D eigenvalue weighted by atomic mass is 9.90. The zero-order chi connectivity index (χ0) is 28.4. The van der Waals surface area contributed by atoms with Crippen molar-refractivity contribution >= 4 is 44.9 Å². The van der Waals surface area contributed by atoms with Crippen molar-refractivity contribution in [3.8, 4) is 0 Å². The van der Waals surface area contributed by atoms with E-state index >= 15 is 0 Å². The van der Waals surface area contributed by atoms with Crippen molar-refractivity contribution in [3.05, 3.63) is 100 Å². The highest BCUT2D eigenvalue weighted by Crippen LogP contribution is 2.31. The van der Waals surface area contributed by atoms with Gasteiger partial charge in [-0.3, -0.25) is 19.8 Å². The van der Waals surface area contributed by atoms with Gasteiger partial charge in [0.15, 0.2) is 0 Å². The van der Waals surface area contributed by atoms with E-state index in [0.29, 0.717) is 16.4 Å². The molecule has 2 N–H and O–H groups in total. The number of guanidine groups is 1. The largest absolute Gasteiger partial charge is 0.416 e. The third-order valence-electron chi connectivity index (χ3n) is 5.80. The van der Waals surface area contributed by atoms with Gasteiger partial charge < -0.3 is 0 Å². The minimum absolute atomic E-state index is 0.0433. The van der Waals surface area contributed by atoms with Gasteiger partial charge in [0, 0.05) is 29.2 Å². The Morgan fingerprint density at radius 2 is 1.74 bits per heavy atom. The summed E-state index contributed by atoms with van der Waals surface area (Å²) in [6.45, 7) is 0.242. The number of aliphatic imine (C=N–C) groups is 1. The monoisotopic (exact) mass is 577 g/mol. The molecule has 1 aliphatic rings. The first-order valence-corrected chi connectivity index (χ1v) is 13.8. The number of hydrogen-bond acceptors (Lipinski definition) is 5. The van der Waals surface area contributed by atoms with Gasteiger partial charge in [-0.2, -0.15) is 18.3 Å². The molecule has 3 aromatic rings. The molecule has 0 aromatic heterocycles. The van der Waals surface area contributed by atoms with Crippen LogP contribution in [0.3, 0.4) is 0 Å². The number of hydrogen-bond donors (Lipinski definition) is 2. The topological polar surface area (TPSA) is 103 Å². The van der Waals surface area contributed by atoms with Crippen LogP contribution in [0.15, 0.2) is 82.9 Å². The van der Waals surface area contributed by atoms with Gasteiger partial charge in [-0.25, -0.2) is 13.4 Å². The molecule has 0 aliphatic carbocycles. The van der Waals surface area contributed by atoms with Gasteiger partial charge in [0.1, 0.15) is 0 Å². The normalized spacial score (nSPS) is 16.2. The first-order chi connectivity index (χ1) is 18.3. The Hall–Kier alpha value is -3.90. The maximum Gasteiger partial charge on any atom is 0.416 e. The van der Waals surface area contributed by atoms with E-state index in [-0.39, 0.29) is 24.0 Å². The number of anilines is 1. The fraction of sp³-hybridized carbons (Fsp3) is 0.192. The van der Waals surface area contributed by atoms with Crippen LogP contribution in [0, 0.1) is 0 Å². The predicted octanol–water partition coefficient (Wildman–Crippen LogP) is 4.95. The highest BCUT2D eigenvalue weighted by Gasteiger charge is 2.33. The van der Waals surface area contributed by atoms with Crippen LogP contribution in [0.4, 0.5) is 18.9 Å². The molecule has 0 spiro atoms. The Morgan fingerprint density at radius 3 is 2.33 bits per heavy atom. The third-order valence-corrected chi connectivity index (χ3v) is 6.66. The Balaban J connectivity index is 1.62. The van der Waals surface area contributed by atoms with Gasteiger partial charge in [-0.05, 0) is 53.6 Å². The molecule has 13 heteroatoms. The van der Waals surface area contributed by atoms with Crippen molar-refractivity contribution in [1.82, 2.24) is 10.3 Å². The lowest BCUT2D eigenvalue weighted by Crippen LogP contribution is -2.41. The molecule has 1 unspecified atom stereocenters. The molecule has 1 heterocycles. The highest BCUT2D eigenvalue weighted by molar-refractivity contribution is 7.92. The smallest absolute Gasteiger partial charge is 0.291 e. The number of amides is 1. The molecular formula is C26H23ClF3N5O3S. The van der Waals surface area contributed by atoms with Crippen molar-refractivity contribution in [2.75, 3.05) is 24.6 Å². The number of hydrazone groups is 1. The fourth-order valence-electron chi connectivity index (χ4n) is 4.02. The summed E-state index contributed by atoms with van der Waals surface area (Å²) < 4.78 is 64.9. The third kappa shape index (κ3) is 6.95. The number of alkyl halides is 3. The second-order valence-electron chi connectivity index (χ2n) is 8.70. The first kappa shape index (κ1) is 28.1. The van der Waals surface area contributed by atoms with E-state index < -0.39 is 27.7 Å². The SMILES string of the molecule is CN=C(NC(=O)c1cccc(C(F)(F)F)c1)N1CC(c2ccc(NS(C)(=O)=O)cc2)C(c2ccc(Cl)cc2)=N1. The average molecular weight is 578 g/mol. The quantitative estimate of drug-likeness (QED) is 0.331. The lowest BCUT2D eigenvalue weighted by Gasteiger charge is -2.19. The molecule has 0 saturated carbocycles. The molecule has 3 aromatic carbocycles. The number of carbonyl (C=O) groups is 1. The summed E-state index contributed by atoms with van der Waals surface area (Å²) in [5.41, 5.74) is 1.46. The molecule has 8 nitrogen and oxygen atoms in total. The van der Waals surface area contributed by atoms with Crippen LogP contribution in [0.5, 0.6) is 0 Å². The summed E-state index contributed by atoms with van der Waals surface area (Å²) >= 11 is 6.05. The van der Waals surface area contributed by atoms with E-state index in [1.54, 1.807) is 48.5 Å². The van der Waals surface area contributed by atoms with Crippen molar-refractivity contribution in [1.29, 1.82) is 0 Å². The van der Waals surface area contributed by atoms with E-state index in [0.717, 1.165) is 35.6 Å². The minimum atomic E-state index is -4.59. The number of nitrogens with one attached hydrogen (secondary N) is 2. The predicted molar refractivity (Wildman–Crippen MR) is 145 cm³/mol. The molecule has 204 valence electrons. The van der Waals surface area contributed by atoms with Gasteiger partial charge in [0.25, 0.3) is 5.91 Å². The molecule has 0 radical (unpaired) electrons. The number of carbonyl (C=O) groups excluding carboxylic acids is 1. The second-order valence-corrected chi connectivity index (χ2v) is 10.9. The maximum absolute atomic E-state index is 13.1. The van der Waals surface area contributed by atoms with E-state index in [9.17, 15) is 26.4 Å². The second kappa shape index (κ2) is 11.1. The van der Waals surface area contributed by atoms with Gasteiger partial charge in [0.2, 0.25) is 16.0 Å². The van der Waals surface area contributed by atoms with E-state index in [2.05, 4.69) is 20.1 Å². The van der Waals surface area contributed by atoms with Crippen LogP contribution in [0.1, 0.15) is 33.0 Å². The zero-order valence-corrected chi connectivity index (χ0v) is 22.3. The molecule has 1 amide bonds. The summed E-state index contributed by atoms with van der Waals surface area (Å²) in [5, 5.41) is 9.22. The van der Waals surface area contributed by atoms with Crippen LogP contribution in [0.2, 0.25) is 5.02 Å². The Labute approximate surface area is 228 Å². The first-order valence-electron chi connectivity index (χ1n) is 11.5. The maximum atomic E-state index is 13.1. The van der Waals surface area contributed by atoms with Crippen molar-refractivity contribution in [2.24, 2.45) is 10.1 Å². The number of nitrogens with zero attached hydrogens (tertiary/aromatic N) is 3. The number of sulfonamides is 1. The van der Waals surface area contributed by atoms with Gasteiger partial charge >= 0.3 is 6.18 Å². The van der Waals surface area contributed by atoms with Crippen molar-refractivity contribution in [2.45, 2.75) is 12.1 Å². The van der Waals surface area contributed by atoms with Crippen molar-refractivity contribution in [3.63, 3.8) is 0 Å². The fourth-order valence-corrected chi connectivity index (χ4v) is 4.71. The van der Waals surface area contributed by atoms with Crippen LogP contribution < -0.4 is 10.0 Å². The summed E-state index contributed by atoms with van der Waals surface area (Å²) in [5.74, 6) is -1.05. The Kier molecular flexibility index (Phi) is 7.98. The molecule has 0 saturated heterocycles. The molecular weight excluding hydrogens is 555 g/mol. The van der Waals surface area contributed by atoms with E-state index in [4.69, 9.17) is 11.6 Å². The molecule has 4 rings (SSSR count). The van der Waals surface area contributed by atoms with E-state index in [1.165, 1.54) is 18.1 Å². The average Bonchev–Trinajstić information content (AvgIpc) is 3.32. The van der Waals surface area contributed by atoms with E-state index in [1.807, 2.05) is 0 Å². The molecule has 1 atom stereocenters. The zero-order valence-electron chi connectivity index (χ0n) is 20.7. The molecule has 0 fully saturated rings. The summed E-state index contributed by atoms with van der Waals surface area (Å²) in [4.78, 5) is 17.0. The summed E-state index contributed by atoms with van der Waals surface area (Å²) in [6, 6.07) is 17.9. The summed E-state index contributed by atoms with van der Waals surface area (Å²) in [6.07, 6.45) is -3.54. The van der Waals surface area contributed by atoms with Crippen molar-refractivity contribution < 1.29 is 26.4 Å². The number of rotatable bonds is 5. The number of halogens is 4. The van der Waals surface area contributed by atoms with Crippen LogP contribution in [-0.2, 0) is 16.2 Å². The minimum Gasteiger partial charge on any atom is -0.291 e. The Morgan fingerprint density at radius 1 is 1.08 bits per heavy atom. The standard InChI is InChI=1S/C26H23ClF3N5O3S/c1-31-25(32-24(36)18-4-3-5-19(14-18)26(28,29)30)35-15-22(23(33-35)17-6-10-20(27)11-7-17)16-8-12-21(13-9-16)34-39(2,37)38/h3-14,22,34H,15H2,1-2H3,(H,31,32,36). The molecule has 39 heavy (non-hydrogen) atoms. The van der Waals surface area contributed by atoms with Gasteiger partial charge in [-0.15, -0.1) is 0 Å². The molecule has 0 bridgehead atoms. The van der Waals surface area contributed by atoms with Crippen LogP contribution in [-0.4, -0.2) is 50.9 Å². The highest BCUT2D eigenvalue weighted by atomic mass is 35.5.